The maximum atomic E-state index is 10.9. The van der Waals surface area contributed by atoms with Gasteiger partial charge in [-0.2, -0.15) is 0 Å². The predicted molar refractivity (Wildman–Crippen MR) is 84.9 cm³/mol. The third-order valence-corrected chi connectivity index (χ3v) is 4.55. The molecule has 1 aliphatic carbocycles. The van der Waals surface area contributed by atoms with Crippen molar-refractivity contribution in [2.45, 2.75) is 51.7 Å². The van der Waals surface area contributed by atoms with Crippen molar-refractivity contribution in [2.75, 3.05) is 7.11 Å². The van der Waals surface area contributed by atoms with Crippen LogP contribution in [0.2, 0.25) is 0 Å². The molecule has 0 aromatic heterocycles. The Morgan fingerprint density at radius 1 is 1.23 bits per heavy atom. The van der Waals surface area contributed by atoms with E-state index in [1.54, 1.807) is 14.0 Å². The van der Waals surface area contributed by atoms with E-state index in [4.69, 9.17) is 14.6 Å². The van der Waals surface area contributed by atoms with E-state index >= 15 is 0 Å². The van der Waals surface area contributed by atoms with Gasteiger partial charge in [-0.05, 0) is 55.7 Å². The van der Waals surface area contributed by atoms with Crippen molar-refractivity contribution in [1.29, 1.82) is 0 Å². The van der Waals surface area contributed by atoms with Gasteiger partial charge in [-0.15, -0.1) is 0 Å². The summed E-state index contributed by atoms with van der Waals surface area (Å²) in [5.41, 5.74) is 1.16. The predicted octanol–water partition coefficient (Wildman–Crippen LogP) is 3.88. The molecule has 1 fully saturated rings. The lowest BCUT2D eigenvalue weighted by atomic mass is 9.82. The van der Waals surface area contributed by atoms with Gasteiger partial charge in [0.05, 0.1) is 25.7 Å². The first-order chi connectivity index (χ1) is 10.6. The largest absolute Gasteiger partial charge is 0.497 e. The fraction of sp³-hybridized carbons (Fsp3) is 0.611. The van der Waals surface area contributed by atoms with Crippen LogP contribution in [-0.2, 0) is 16.1 Å². The summed E-state index contributed by atoms with van der Waals surface area (Å²) in [7, 11) is 1.66. The first-order valence-electron chi connectivity index (χ1n) is 8.05. The van der Waals surface area contributed by atoms with Crippen LogP contribution in [0.4, 0.5) is 0 Å². The first-order valence-corrected chi connectivity index (χ1v) is 8.05. The number of hydrogen-bond acceptors (Lipinski definition) is 3. The minimum absolute atomic E-state index is 0.234. The lowest BCUT2D eigenvalue weighted by Crippen LogP contribution is -2.24. The van der Waals surface area contributed by atoms with Crippen LogP contribution in [0.25, 0.3) is 0 Å². The molecule has 0 bridgehead atoms. The summed E-state index contributed by atoms with van der Waals surface area (Å²) in [5, 5.41) is 8.98. The van der Waals surface area contributed by atoms with Crippen LogP contribution in [-0.4, -0.2) is 24.3 Å². The Balaban J connectivity index is 1.69. The zero-order valence-corrected chi connectivity index (χ0v) is 13.5. The fourth-order valence-corrected chi connectivity index (χ4v) is 3.07. The van der Waals surface area contributed by atoms with Gasteiger partial charge in [-0.25, -0.2) is 0 Å². The molecule has 1 aromatic rings. The van der Waals surface area contributed by atoms with E-state index < -0.39 is 5.97 Å². The Bertz CT molecular complexity index is 460. The van der Waals surface area contributed by atoms with Crippen molar-refractivity contribution >= 4 is 5.97 Å². The topological polar surface area (TPSA) is 55.8 Å². The maximum absolute atomic E-state index is 10.9. The monoisotopic (exact) mass is 306 g/mol. The molecule has 122 valence electrons. The van der Waals surface area contributed by atoms with E-state index in [0.29, 0.717) is 18.6 Å². The van der Waals surface area contributed by atoms with Crippen LogP contribution < -0.4 is 4.74 Å². The molecule has 1 saturated carbocycles. The molecule has 0 amide bonds. The number of carboxylic acid groups (broad SMARTS) is 1. The third-order valence-electron chi connectivity index (χ3n) is 4.55. The van der Waals surface area contributed by atoms with E-state index in [1.165, 1.54) is 0 Å². The second-order valence-corrected chi connectivity index (χ2v) is 6.28. The lowest BCUT2D eigenvalue weighted by Gasteiger charge is -2.29. The summed E-state index contributed by atoms with van der Waals surface area (Å²) < 4.78 is 11.1. The summed E-state index contributed by atoms with van der Waals surface area (Å²) in [6.07, 6.45) is 5.31. The van der Waals surface area contributed by atoms with Crippen LogP contribution in [0.15, 0.2) is 24.3 Å². The molecular formula is C18H26O4. The molecule has 0 radical (unpaired) electrons. The first kappa shape index (κ1) is 16.8. The van der Waals surface area contributed by atoms with Crippen LogP contribution in [0.3, 0.4) is 0 Å². The molecule has 1 aliphatic rings. The summed E-state index contributed by atoms with van der Waals surface area (Å²) in [6.45, 7) is 2.43. The Labute approximate surface area is 132 Å². The maximum Gasteiger partial charge on any atom is 0.306 e. The van der Waals surface area contributed by atoms with Crippen LogP contribution in [0, 0.1) is 11.8 Å². The van der Waals surface area contributed by atoms with Crippen molar-refractivity contribution < 1.29 is 19.4 Å². The Morgan fingerprint density at radius 2 is 1.86 bits per heavy atom. The number of aliphatic carboxylic acids is 1. The molecule has 4 nitrogen and oxygen atoms in total. The highest BCUT2D eigenvalue weighted by molar-refractivity contribution is 5.69. The van der Waals surface area contributed by atoms with Crippen LogP contribution in [0.5, 0.6) is 5.75 Å². The van der Waals surface area contributed by atoms with E-state index in [2.05, 4.69) is 0 Å². The second-order valence-electron chi connectivity index (χ2n) is 6.28. The van der Waals surface area contributed by atoms with Gasteiger partial charge in [0, 0.05) is 0 Å². The lowest BCUT2D eigenvalue weighted by molar-refractivity contribution is -0.141. The van der Waals surface area contributed by atoms with E-state index in [-0.39, 0.29) is 5.92 Å². The van der Waals surface area contributed by atoms with Crippen LogP contribution in [0.1, 0.15) is 44.6 Å². The number of ether oxygens (including phenoxy) is 2. The van der Waals surface area contributed by atoms with Crippen LogP contribution >= 0.6 is 0 Å². The van der Waals surface area contributed by atoms with E-state index in [0.717, 1.165) is 43.4 Å². The second kappa shape index (κ2) is 8.18. The van der Waals surface area contributed by atoms with Gasteiger partial charge in [0.1, 0.15) is 5.75 Å². The average molecular weight is 306 g/mol. The smallest absolute Gasteiger partial charge is 0.306 e. The zero-order chi connectivity index (χ0) is 15.9. The van der Waals surface area contributed by atoms with Crippen molar-refractivity contribution in [2.24, 2.45) is 11.8 Å². The van der Waals surface area contributed by atoms with Crippen molar-refractivity contribution in [1.82, 2.24) is 0 Å². The standard InChI is InChI=1S/C18H26O4/c1-13(18(19)20)11-14-3-9-17(10-4-14)22-12-15-5-7-16(21-2)8-6-15/h5-8,13-14,17H,3-4,9-12H2,1-2H3,(H,19,20)/t13-,14-,17-/m0/s1. The number of carbonyl (C=O) groups is 1. The highest BCUT2D eigenvalue weighted by Crippen LogP contribution is 2.31. The van der Waals surface area contributed by atoms with Gasteiger partial charge in [0.15, 0.2) is 0 Å². The van der Waals surface area contributed by atoms with Crippen molar-refractivity contribution in [3.05, 3.63) is 29.8 Å². The number of rotatable bonds is 7. The fourth-order valence-electron chi connectivity index (χ4n) is 3.07. The molecule has 4 heteroatoms. The van der Waals surface area contributed by atoms with Crippen molar-refractivity contribution in [3.63, 3.8) is 0 Å². The molecule has 2 rings (SSSR count). The number of methoxy groups -OCH3 is 1. The van der Waals surface area contributed by atoms with Gasteiger partial charge in [0.25, 0.3) is 0 Å². The highest BCUT2D eigenvalue weighted by atomic mass is 16.5. The molecule has 1 aromatic carbocycles. The zero-order valence-electron chi connectivity index (χ0n) is 13.5. The highest BCUT2D eigenvalue weighted by Gasteiger charge is 2.25. The molecule has 0 heterocycles. The van der Waals surface area contributed by atoms with Gasteiger partial charge >= 0.3 is 5.97 Å². The SMILES string of the molecule is COc1ccc(CO[C@H]2CC[C@H](C[C@H](C)C(=O)O)CC2)cc1. The minimum atomic E-state index is -0.683. The van der Waals surface area contributed by atoms with Gasteiger partial charge in [0.2, 0.25) is 0 Å². The number of benzene rings is 1. The Hall–Kier alpha value is -1.55. The molecule has 1 N–H and O–H groups in total. The van der Waals surface area contributed by atoms with Gasteiger partial charge in [-0.3, -0.25) is 4.79 Å². The molecule has 0 aliphatic heterocycles. The third kappa shape index (κ3) is 5.02. The average Bonchev–Trinajstić information content (AvgIpc) is 2.54. The minimum Gasteiger partial charge on any atom is -0.497 e. The van der Waals surface area contributed by atoms with E-state index in [1.807, 2.05) is 24.3 Å². The normalized spacial score (nSPS) is 23.0. The molecular weight excluding hydrogens is 280 g/mol. The molecule has 0 spiro atoms. The number of carboxylic acids is 1. The summed E-state index contributed by atoms with van der Waals surface area (Å²) in [5.74, 6) is 0.475. The van der Waals surface area contributed by atoms with Gasteiger partial charge in [-0.1, -0.05) is 19.1 Å². The molecule has 22 heavy (non-hydrogen) atoms. The van der Waals surface area contributed by atoms with Crippen molar-refractivity contribution in [3.8, 4) is 5.75 Å². The Kier molecular flexibility index (Phi) is 6.25. The van der Waals surface area contributed by atoms with Gasteiger partial charge < -0.3 is 14.6 Å². The number of hydrogen-bond donors (Lipinski definition) is 1. The Morgan fingerprint density at radius 3 is 2.41 bits per heavy atom. The molecule has 1 atom stereocenters. The molecule has 0 unspecified atom stereocenters. The quantitative estimate of drug-likeness (QED) is 0.830. The summed E-state index contributed by atoms with van der Waals surface area (Å²) >= 11 is 0. The molecule has 0 saturated heterocycles. The summed E-state index contributed by atoms with van der Waals surface area (Å²) in [4.78, 5) is 10.9. The van der Waals surface area contributed by atoms with E-state index in [9.17, 15) is 4.79 Å². The summed E-state index contributed by atoms with van der Waals surface area (Å²) in [6, 6.07) is 7.95.